The van der Waals surface area contributed by atoms with Crippen LogP contribution in [0.4, 0.5) is 0 Å². The van der Waals surface area contributed by atoms with Crippen LogP contribution in [0.2, 0.25) is 0 Å². The number of rotatable bonds is 5. The van der Waals surface area contributed by atoms with Gasteiger partial charge in [-0.2, -0.15) is 0 Å². The van der Waals surface area contributed by atoms with Crippen molar-refractivity contribution in [1.29, 1.82) is 0 Å². The second-order valence-electron chi connectivity index (χ2n) is 5.19. The van der Waals surface area contributed by atoms with Gasteiger partial charge in [0, 0.05) is 18.0 Å². The molecule has 0 unspecified atom stereocenters. The molecule has 2 aromatic carbocycles. The molecule has 0 aliphatic rings. The van der Waals surface area contributed by atoms with Crippen LogP contribution in [0.3, 0.4) is 0 Å². The van der Waals surface area contributed by atoms with Crippen LogP contribution in [0.15, 0.2) is 66.0 Å². The van der Waals surface area contributed by atoms with Crippen LogP contribution < -0.4 is 5.32 Å². The maximum absolute atomic E-state index is 3.51. The summed E-state index contributed by atoms with van der Waals surface area (Å²) in [6, 6.07) is 21.5. The predicted molar refractivity (Wildman–Crippen MR) is 91.5 cm³/mol. The number of nitrogens with one attached hydrogen (secondary N) is 1. The maximum atomic E-state index is 3.51. The minimum absolute atomic E-state index is 0.909. The Bertz CT molecular complexity index is 683. The Labute approximate surface area is 130 Å². The molecule has 0 saturated carbocycles. The molecule has 0 saturated heterocycles. The quantitative estimate of drug-likeness (QED) is 0.697. The molecule has 0 spiro atoms. The van der Waals surface area contributed by atoms with Gasteiger partial charge in [0.1, 0.15) is 0 Å². The molecule has 1 heterocycles. The van der Waals surface area contributed by atoms with E-state index < -0.39 is 0 Å². The highest BCUT2D eigenvalue weighted by atomic mass is 32.1. The number of hydrogen-bond donors (Lipinski definition) is 1. The molecule has 0 bridgehead atoms. The summed E-state index contributed by atoms with van der Waals surface area (Å²) in [5, 5.41) is 5.67. The van der Waals surface area contributed by atoms with Crippen molar-refractivity contribution in [3.63, 3.8) is 0 Å². The van der Waals surface area contributed by atoms with Gasteiger partial charge < -0.3 is 5.32 Å². The van der Waals surface area contributed by atoms with Crippen LogP contribution in [0.1, 0.15) is 16.0 Å². The standard InChI is InChI=1S/C19H19NS/c1-15-11-12-21-19(15)14-20-13-16-7-9-18(10-8-16)17-5-3-2-4-6-17/h2-12,20H,13-14H2,1H3. The van der Waals surface area contributed by atoms with Gasteiger partial charge in [-0.3, -0.25) is 0 Å². The number of aryl methyl sites for hydroxylation is 1. The lowest BCUT2D eigenvalue weighted by molar-refractivity contribution is 0.699. The average Bonchev–Trinajstić information content (AvgIpc) is 2.94. The third-order valence-corrected chi connectivity index (χ3v) is 4.67. The number of hydrogen-bond acceptors (Lipinski definition) is 2. The van der Waals surface area contributed by atoms with Crippen molar-refractivity contribution in [3.8, 4) is 11.1 Å². The van der Waals surface area contributed by atoms with Crippen LogP contribution in [-0.2, 0) is 13.1 Å². The summed E-state index contributed by atoms with van der Waals surface area (Å²) in [5.74, 6) is 0. The van der Waals surface area contributed by atoms with Crippen LogP contribution in [0.5, 0.6) is 0 Å². The summed E-state index contributed by atoms with van der Waals surface area (Å²) >= 11 is 1.82. The Morgan fingerprint density at radius 3 is 2.19 bits per heavy atom. The molecule has 0 amide bonds. The Balaban J connectivity index is 1.59. The summed E-state index contributed by atoms with van der Waals surface area (Å²) in [7, 11) is 0. The lowest BCUT2D eigenvalue weighted by Gasteiger charge is -2.06. The highest BCUT2D eigenvalue weighted by molar-refractivity contribution is 7.10. The molecule has 0 atom stereocenters. The fourth-order valence-electron chi connectivity index (χ4n) is 2.35. The third-order valence-electron chi connectivity index (χ3n) is 3.64. The summed E-state index contributed by atoms with van der Waals surface area (Å²) in [6.07, 6.45) is 0. The molecule has 1 nitrogen and oxygen atoms in total. The lowest BCUT2D eigenvalue weighted by Crippen LogP contribution is -2.12. The molecular formula is C19H19NS. The fourth-order valence-corrected chi connectivity index (χ4v) is 3.23. The van der Waals surface area contributed by atoms with Crippen molar-refractivity contribution >= 4 is 11.3 Å². The zero-order valence-electron chi connectivity index (χ0n) is 12.2. The van der Waals surface area contributed by atoms with E-state index >= 15 is 0 Å². The summed E-state index contributed by atoms with van der Waals surface area (Å²) in [6.45, 7) is 4.03. The van der Waals surface area contributed by atoms with Gasteiger partial charge in [-0.25, -0.2) is 0 Å². The van der Waals surface area contributed by atoms with Gasteiger partial charge in [0.05, 0.1) is 0 Å². The van der Waals surface area contributed by atoms with Crippen LogP contribution >= 0.6 is 11.3 Å². The van der Waals surface area contributed by atoms with E-state index in [1.165, 1.54) is 27.1 Å². The zero-order valence-corrected chi connectivity index (χ0v) is 13.0. The number of thiophene rings is 1. The van der Waals surface area contributed by atoms with Crippen molar-refractivity contribution in [2.45, 2.75) is 20.0 Å². The fraction of sp³-hybridized carbons (Fsp3) is 0.158. The smallest absolute Gasteiger partial charge is 0.0305 e. The molecule has 106 valence electrons. The van der Waals surface area contributed by atoms with E-state index in [0.717, 1.165) is 13.1 Å². The normalized spacial score (nSPS) is 10.7. The van der Waals surface area contributed by atoms with Gasteiger partial charge in [0.15, 0.2) is 0 Å². The van der Waals surface area contributed by atoms with E-state index in [-0.39, 0.29) is 0 Å². The Morgan fingerprint density at radius 1 is 0.810 bits per heavy atom. The summed E-state index contributed by atoms with van der Waals surface area (Å²) in [5.41, 5.74) is 5.25. The molecule has 0 aliphatic heterocycles. The van der Waals surface area contributed by atoms with Gasteiger partial charge in [-0.1, -0.05) is 54.6 Å². The van der Waals surface area contributed by atoms with Gasteiger partial charge in [0.2, 0.25) is 0 Å². The van der Waals surface area contributed by atoms with Gasteiger partial charge >= 0.3 is 0 Å². The first kappa shape index (κ1) is 14.1. The van der Waals surface area contributed by atoms with Crippen molar-refractivity contribution in [1.82, 2.24) is 5.32 Å². The van der Waals surface area contributed by atoms with Crippen molar-refractivity contribution in [2.75, 3.05) is 0 Å². The molecule has 0 fully saturated rings. The highest BCUT2D eigenvalue weighted by Gasteiger charge is 2.00. The lowest BCUT2D eigenvalue weighted by atomic mass is 10.0. The maximum Gasteiger partial charge on any atom is 0.0305 e. The molecule has 3 rings (SSSR count). The largest absolute Gasteiger partial charge is 0.308 e. The van der Waals surface area contributed by atoms with E-state index in [1.54, 1.807) is 0 Å². The molecule has 0 aliphatic carbocycles. The minimum atomic E-state index is 0.909. The van der Waals surface area contributed by atoms with E-state index in [9.17, 15) is 0 Å². The van der Waals surface area contributed by atoms with E-state index in [2.05, 4.69) is 72.2 Å². The molecule has 21 heavy (non-hydrogen) atoms. The summed E-state index contributed by atoms with van der Waals surface area (Å²) < 4.78 is 0. The van der Waals surface area contributed by atoms with Crippen molar-refractivity contribution < 1.29 is 0 Å². The predicted octanol–water partition coefficient (Wildman–Crippen LogP) is 5.01. The SMILES string of the molecule is Cc1ccsc1CNCc1ccc(-c2ccccc2)cc1. The first-order chi connectivity index (χ1) is 10.3. The van der Waals surface area contributed by atoms with E-state index in [0.29, 0.717) is 0 Å². The molecular weight excluding hydrogens is 274 g/mol. The Kier molecular flexibility index (Phi) is 4.49. The molecule has 2 heteroatoms. The summed E-state index contributed by atoms with van der Waals surface area (Å²) in [4.78, 5) is 1.43. The Hall–Kier alpha value is -1.90. The second kappa shape index (κ2) is 6.70. The average molecular weight is 293 g/mol. The van der Waals surface area contributed by atoms with Gasteiger partial charge in [-0.15, -0.1) is 11.3 Å². The van der Waals surface area contributed by atoms with Gasteiger partial charge in [0.25, 0.3) is 0 Å². The highest BCUT2D eigenvalue weighted by Crippen LogP contribution is 2.19. The zero-order chi connectivity index (χ0) is 14.5. The first-order valence-corrected chi connectivity index (χ1v) is 8.09. The van der Waals surface area contributed by atoms with Crippen molar-refractivity contribution in [2.24, 2.45) is 0 Å². The molecule has 1 N–H and O–H groups in total. The van der Waals surface area contributed by atoms with E-state index in [4.69, 9.17) is 0 Å². The minimum Gasteiger partial charge on any atom is -0.308 e. The van der Waals surface area contributed by atoms with Gasteiger partial charge in [-0.05, 0) is 40.6 Å². The monoisotopic (exact) mass is 293 g/mol. The molecule has 1 aromatic heterocycles. The third kappa shape index (κ3) is 3.60. The van der Waals surface area contributed by atoms with Crippen LogP contribution in [-0.4, -0.2) is 0 Å². The molecule has 3 aromatic rings. The topological polar surface area (TPSA) is 12.0 Å². The van der Waals surface area contributed by atoms with Crippen LogP contribution in [0.25, 0.3) is 11.1 Å². The van der Waals surface area contributed by atoms with Crippen molar-refractivity contribution in [3.05, 3.63) is 82.0 Å². The second-order valence-corrected chi connectivity index (χ2v) is 6.19. The Morgan fingerprint density at radius 2 is 1.52 bits per heavy atom. The number of benzene rings is 2. The molecule has 0 radical (unpaired) electrons. The van der Waals surface area contributed by atoms with Crippen LogP contribution in [0, 0.1) is 6.92 Å². The van der Waals surface area contributed by atoms with E-state index in [1.807, 2.05) is 17.4 Å². The first-order valence-electron chi connectivity index (χ1n) is 7.21.